The van der Waals surface area contributed by atoms with Crippen LogP contribution in [0.1, 0.15) is 12.7 Å². The van der Waals surface area contributed by atoms with Crippen LogP contribution in [0.2, 0.25) is 0 Å². The molecule has 184 valence electrons. The summed E-state index contributed by atoms with van der Waals surface area (Å²) in [6.07, 6.45) is 4.98. The fourth-order valence-corrected chi connectivity index (χ4v) is 4.00. The first-order valence-corrected chi connectivity index (χ1v) is 12.0. The van der Waals surface area contributed by atoms with Crippen molar-refractivity contribution in [3.8, 4) is 28.6 Å². The normalized spacial score (nSPS) is 11.6. The number of ether oxygens (including phenoxy) is 2. The number of nitrogens with zero attached hydrogens (tertiary/aromatic N) is 4. The number of hydrazone groups is 1. The lowest BCUT2D eigenvalue weighted by Gasteiger charge is -2.11. The van der Waals surface area contributed by atoms with Gasteiger partial charge >= 0.3 is 0 Å². The second-order valence-corrected chi connectivity index (χ2v) is 8.50. The molecule has 4 rings (SSSR count). The molecule has 1 amide bonds. The molecule has 36 heavy (non-hydrogen) atoms. The van der Waals surface area contributed by atoms with Crippen LogP contribution in [0.5, 0.6) is 11.5 Å². The van der Waals surface area contributed by atoms with E-state index < -0.39 is 0 Å². The van der Waals surface area contributed by atoms with E-state index in [1.165, 1.54) is 11.8 Å². The van der Waals surface area contributed by atoms with Crippen LogP contribution in [0.3, 0.4) is 0 Å². The van der Waals surface area contributed by atoms with E-state index in [1.54, 1.807) is 32.8 Å². The lowest BCUT2D eigenvalue weighted by Crippen LogP contribution is -2.20. The lowest BCUT2D eigenvalue weighted by molar-refractivity contribution is -0.118. The molecule has 0 aliphatic carbocycles. The topological polar surface area (TPSA) is 104 Å². The molecule has 0 radical (unpaired) electrons. The maximum Gasteiger partial charge on any atom is 0.250 e. The maximum absolute atomic E-state index is 12.4. The Balaban J connectivity index is 1.50. The van der Waals surface area contributed by atoms with Crippen LogP contribution in [0.4, 0.5) is 0 Å². The number of furan rings is 1. The fourth-order valence-electron chi connectivity index (χ4n) is 3.26. The number of thioether (sulfide) groups is 1. The van der Waals surface area contributed by atoms with Crippen LogP contribution in [0.25, 0.3) is 23.2 Å². The number of methoxy groups -OCH3 is 2. The molecule has 0 saturated heterocycles. The number of aromatic nitrogens is 3. The summed E-state index contributed by atoms with van der Waals surface area (Å²) in [5.74, 6) is 2.68. The molecule has 1 N–H and O–H groups in total. The van der Waals surface area contributed by atoms with Gasteiger partial charge in [0.2, 0.25) is 0 Å². The molecule has 0 aliphatic rings. The summed E-state index contributed by atoms with van der Waals surface area (Å²) in [5, 5.41) is 13.3. The number of carbonyl (C=O) groups excluding carboxylic acids is 1. The van der Waals surface area contributed by atoms with Gasteiger partial charge in [-0.2, -0.15) is 5.10 Å². The molecule has 0 bridgehead atoms. The largest absolute Gasteiger partial charge is 0.497 e. The van der Waals surface area contributed by atoms with Crippen LogP contribution < -0.4 is 14.9 Å². The van der Waals surface area contributed by atoms with Crippen LogP contribution in [-0.4, -0.2) is 46.9 Å². The highest BCUT2D eigenvalue weighted by Crippen LogP contribution is 2.29. The van der Waals surface area contributed by atoms with Gasteiger partial charge in [0.05, 0.1) is 32.5 Å². The minimum absolute atomic E-state index is 0.106. The van der Waals surface area contributed by atoms with Gasteiger partial charge in [-0.15, -0.1) is 10.2 Å². The summed E-state index contributed by atoms with van der Waals surface area (Å²) >= 11 is 1.26. The molecule has 2 aromatic heterocycles. The van der Waals surface area contributed by atoms with Crippen molar-refractivity contribution >= 4 is 30.0 Å². The summed E-state index contributed by atoms with van der Waals surface area (Å²) in [5.41, 5.74) is 5.07. The van der Waals surface area contributed by atoms with Gasteiger partial charge in [-0.3, -0.25) is 9.36 Å². The summed E-state index contributed by atoms with van der Waals surface area (Å²) in [7, 11) is 3.24. The number of nitrogens with one attached hydrogen (secondary N) is 1. The second-order valence-electron chi connectivity index (χ2n) is 7.55. The maximum atomic E-state index is 12.4. The number of carbonyl (C=O) groups is 1. The first kappa shape index (κ1) is 24.8. The SMILES string of the molecule is COc1ccc(-c2nnc(SCC(=O)NN=CC(C)=Cc3ccco3)n2-c2ccc(OC)cc2)cc1. The first-order chi connectivity index (χ1) is 17.6. The average molecular weight is 504 g/mol. The predicted molar refractivity (Wildman–Crippen MR) is 140 cm³/mol. The van der Waals surface area contributed by atoms with Gasteiger partial charge in [0, 0.05) is 11.3 Å². The van der Waals surface area contributed by atoms with Crippen LogP contribution >= 0.6 is 11.8 Å². The third kappa shape index (κ3) is 6.22. The third-order valence-electron chi connectivity index (χ3n) is 5.02. The van der Waals surface area contributed by atoms with Gasteiger partial charge in [-0.25, -0.2) is 5.43 Å². The summed E-state index contributed by atoms with van der Waals surface area (Å²) in [6, 6.07) is 18.8. The zero-order valence-corrected chi connectivity index (χ0v) is 20.9. The minimum atomic E-state index is -0.266. The summed E-state index contributed by atoms with van der Waals surface area (Å²) in [6.45, 7) is 1.87. The lowest BCUT2D eigenvalue weighted by atomic mass is 10.2. The smallest absolute Gasteiger partial charge is 0.250 e. The second kappa shape index (κ2) is 11.9. The Morgan fingerprint density at radius 1 is 1.06 bits per heavy atom. The summed E-state index contributed by atoms with van der Waals surface area (Å²) in [4.78, 5) is 12.4. The van der Waals surface area contributed by atoms with E-state index in [0.29, 0.717) is 16.7 Å². The molecule has 9 nitrogen and oxygen atoms in total. The standard InChI is InChI=1S/C26H25N5O4S/c1-18(15-23-5-4-14-35-23)16-27-28-24(32)17-36-26-30-29-25(19-6-10-21(33-2)11-7-19)31(26)20-8-12-22(34-3)13-9-20/h4-16H,17H2,1-3H3,(H,28,32). The molecule has 0 fully saturated rings. The highest BCUT2D eigenvalue weighted by molar-refractivity contribution is 7.99. The van der Waals surface area contributed by atoms with Crippen molar-refractivity contribution in [1.29, 1.82) is 0 Å². The Kier molecular flexibility index (Phi) is 8.20. The molecule has 0 saturated carbocycles. The summed E-state index contributed by atoms with van der Waals surface area (Å²) < 4.78 is 17.7. The monoisotopic (exact) mass is 503 g/mol. The van der Waals surface area contributed by atoms with Crippen molar-refractivity contribution in [3.63, 3.8) is 0 Å². The van der Waals surface area contributed by atoms with E-state index in [9.17, 15) is 4.79 Å². The van der Waals surface area contributed by atoms with Gasteiger partial charge < -0.3 is 13.9 Å². The number of hydrogen-bond acceptors (Lipinski definition) is 8. The molecule has 0 aliphatic heterocycles. The van der Waals surface area contributed by atoms with Gasteiger partial charge in [-0.1, -0.05) is 11.8 Å². The molecule has 2 aromatic carbocycles. The number of rotatable bonds is 10. The van der Waals surface area contributed by atoms with Crippen molar-refractivity contribution in [2.75, 3.05) is 20.0 Å². The van der Waals surface area contributed by atoms with Gasteiger partial charge in [0.15, 0.2) is 11.0 Å². The predicted octanol–water partition coefficient (Wildman–Crippen LogP) is 4.84. The highest BCUT2D eigenvalue weighted by atomic mass is 32.2. The zero-order valence-electron chi connectivity index (χ0n) is 20.0. The fraction of sp³-hybridized carbons (Fsp3) is 0.154. The van der Waals surface area contributed by atoms with Crippen molar-refractivity contribution in [1.82, 2.24) is 20.2 Å². The number of benzene rings is 2. The van der Waals surface area contributed by atoms with Crippen molar-refractivity contribution < 1.29 is 18.7 Å². The molecule has 0 atom stereocenters. The molecule has 10 heteroatoms. The van der Waals surface area contributed by atoms with E-state index in [1.807, 2.05) is 72.2 Å². The van der Waals surface area contributed by atoms with Crippen LogP contribution in [-0.2, 0) is 4.79 Å². The van der Waals surface area contributed by atoms with E-state index >= 15 is 0 Å². The average Bonchev–Trinajstić information content (AvgIpc) is 3.57. The van der Waals surface area contributed by atoms with E-state index in [-0.39, 0.29) is 11.7 Å². The molecular formula is C26H25N5O4S. The molecule has 0 unspecified atom stereocenters. The van der Waals surface area contributed by atoms with Gasteiger partial charge in [0.25, 0.3) is 5.91 Å². The molecule has 0 spiro atoms. The number of amides is 1. The van der Waals surface area contributed by atoms with Gasteiger partial charge in [0.1, 0.15) is 17.3 Å². The Bertz CT molecular complexity index is 1340. The van der Waals surface area contributed by atoms with E-state index in [4.69, 9.17) is 13.9 Å². The minimum Gasteiger partial charge on any atom is -0.497 e. The van der Waals surface area contributed by atoms with Crippen molar-refractivity contribution in [3.05, 3.63) is 78.3 Å². The van der Waals surface area contributed by atoms with Gasteiger partial charge in [-0.05, 0) is 79.2 Å². The quantitative estimate of drug-likeness (QED) is 0.188. The van der Waals surface area contributed by atoms with Crippen molar-refractivity contribution in [2.24, 2.45) is 5.10 Å². The molecular weight excluding hydrogens is 478 g/mol. The highest BCUT2D eigenvalue weighted by Gasteiger charge is 2.17. The Morgan fingerprint density at radius 2 is 1.75 bits per heavy atom. The van der Waals surface area contributed by atoms with Crippen molar-refractivity contribution in [2.45, 2.75) is 12.1 Å². The number of hydrogen-bond donors (Lipinski definition) is 1. The zero-order chi connectivity index (χ0) is 25.3. The van der Waals surface area contributed by atoms with E-state index in [0.717, 1.165) is 28.3 Å². The first-order valence-electron chi connectivity index (χ1n) is 11.0. The Hall–Kier alpha value is -4.31. The number of allylic oxidation sites excluding steroid dienone is 1. The third-order valence-corrected chi connectivity index (χ3v) is 5.94. The van der Waals surface area contributed by atoms with E-state index in [2.05, 4.69) is 20.7 Å². The Morgan fingerprint density at radius 3 is 2.39 bits per heavy atom. The molecule has 2 heterocycles. The van der Waals surface area contributed by atoms with Crippen LogP contribution in [0.15, 0.2) is 87.2 Å². The molecule has 4 aromatic rings. The Labute approximate surface area is 212 Å². The van der Waals surface area contributed by atoms with Crippen LogP contribution in [0, 0.1) is 0 Å².